The van der Waals surface area contributed by atoms with E-state index >= 15 is 0 Å². The molecule has 6 heteroatoms. The van der Waals surface area contributed by atoms with E-state index in [1.165, 1.54) is 6.07 Å². The van der Waals surface area contributed by atoms with Crippen LogP contribution in [0.4, 0.5) is 10.1 Å². The maximum absolute atomic E-state index is 14.3. The summed E-state index contributed by atoms with van der Waals surface area (Å²) in [6.07, 6.45) is 8.36. The van der Waals surface area contributed by atoms with Crippen molar-refractivity contribution in [2.45, 2.75) is 51.6 Å². The van der Waals surface area contributed by atoms with Crippen molar-refractivity contribution in [2.24, 2.45) is 5.92 Å². The summed E-state index contributed by atoms with van der Waals surface area (Å²) in [6, 6.07) is 12.0. The predicted octanol–water partition coefficient (Wildman–Crippen LogP) is 5.74. The van der Waals surface area contributed by atoms with Gasteiger partial charge in [0.1, 0.15) is 12.4 Å². The average molecular weight is 435 g/mol. The lowest BCUT2D eigenvalue weighted by Gasteiger charge is -2.20. The minimum absolute atomic E-state index is 0.0857. The molecule has 5 nitrogen and oxygen atoms in total. The number of pyridine rings is 1. The van der Waals surface area contributed by atoms with E-state index in [2.05, 4.69) is 10.3 Å². The molecule has 1 N–H and O–H groups in total. The van der Waals surface area contributed by atoms with Gasteiger partial charge in [-0.25, -0.2) is 4.39 Å². The molecular weight excluding hydrogens is 407 g/mol. The molecule has 1 aliphatic rings. The van der Waals surface area contributed by atoms with Crippen LogP contribution >= 0.6 is 0 Å². The molecule has 166 valence electrons. The molecule has 1 heterocycles. The molecule has 0 saturated heterocycles. The zero-order chi connectivity index (χ0) is 22.5. The SMILES string of the molecule is CC(C(=O)Nc1ccc2cnccc2c1)c1ccc(F)c(COC(=O)C2CCCCC2)c1. The van der Waals surface area contributed by atoms with Crippen LogP contribution in [0.15, 0.2) is 54.9 Å². The number of nitrogens with one attached hydrogen (secondary N) is 1. The van der Waals surface area contributed by atoms with E-state index < -0.39 is 11.7 Å². The van der Waals surface area contributed by atoms with Crippen molar-refractivity contribution in [1.82, 2.24) is 4.98 Å². The number of carbonyl (C=O) groups is 2. The number of anilines is 1. The summed E-state index contributed by atoms with van der Waals surface area (Å²) in [5.41, 5.74) is 1.63. The van der Waals surface area contributed by atoms with Gasteiger partial charge in [0.05, 0.1) is 11.8 Å². The number of ether oxygens (including phenoxy) is 1. The lowest BCUT2D eigenvalue weighted by atomic mass is 9.89. The number of hydrogen-bond acceptors (Lipinski definition) is 4. The van der Waals surface area contributed by atoms with Gasteiger partial charge < -0.3 is 10.1 Å². The molecule has 1 aromatic heterocycles. The molecule has 1 aliphatic carbocycles. The van der Waals surface area contributed by atoms with Gasteiger partial charge in [-0.15, -0.1) is 0 Å². The van der Waals surface area contributed by atoms with Gasteiger partial charge in [0.25, 0.3) is 0 Å². The summed E-state index contributed by atoms with van der Waals surface area (Å²) in [5.74, 6) is -1.49. The van der Waals surface area contributed by atoms with Crippen LogP contribution in [0, 0.1) is 11.7 Å². The first-order chi connectivity index (χ1) is 15.5. The lowest BCUT2D eigenvalue weighted by Crippen LogP contribution is -2.21. The molecule has 1 amide bonds. The van der Waals surface area contributed by atoms with Crippen LogP contribution in [-0.4, -0.2) is 16.9 Å². The Hall–Kier alpha value is -3.28. The Morgan fingerprint density at radius 2 is 1.91 bits per heavy atom. The fourth-order valence-corrected chi connectivity index (χ4v) is 4.14. The molecule has 3 aromatic rings. The highest BCUT2D eigenvalue weighted by Gasteiger charge is 2.23. The zero-order valence-corrected chi connectivity index (χ0v) is 18.1. The maximum Gasteiger partial charge on any atom is 0.309 e. The summed E-state index contributed by atoms with van der Waals surface area (Å²) in [5, 5.41) is 4.89. The van der Waals surface area contributed by atoms with Crippen LogP contribution in [-0.2, 0) is 20.9 Å². The van der Waals surface area contributed by atoms with Crippen molar-refractivity contribution in [3.8, 4) is 0 Å². The molecule has 2 aromatic carbocycles. The van der Waals surface area contributed by atoms with Gasteiger partial charge in [0.2, 0.25) is 5.91 Å². The highest BCUT2D eigenvalue weighted by molar-refractivity contribution is 5.97. The van der Waals surface area contributed by atoms with Gasteiger partial charge in [-0.2, -0.15) is 0 Å². The van der Waals surface area contributed by atoms with E-state index in [1.54, 1.807) is 31.5 Å². The van der Waals surface area contributed by atoms with Crippen LogP contribution in [0.3, 0.4) is 0 Å². The third-order valence-electron chi connectivity index (χ3n) is 6.18. The lowest BCUT2D eigenvalue weighted by molar-refractivity contribution is -0.151. The highest BCUT2D eigenvalue weighted by atomic mass is 19.1. The molecule has 1 fully saturated rings. The van der Waals surface area contributed by atoms with Crippen molar-refractivity contribution in [2.75, 3.05) is 5.32 Å². The van der Waals surface area contributed by atoms with Crippen LogP contribution in [0.1, 0.15) is 56.1 Å². The standard InChI is InChI=1S/C26H27FN2O3/c1-17(25(30)29-23-9-7-21-15-28-12-11-20(21)14-23)19-8-10-24(27)22(13-19)16-32-26(31)18-5-3-2-4-6-18/h7-15,17-18H,2-6,16H2,1H3,(H,29,30). The van der Waals surface area contributed by atoms with Crippen LogP contribution in [0.25, 0.3) is 10.8 Å². The molecule has 1 unspecified atom stereocenters. The summed E-state index contributed by atoms with van der Waals surface area (Å²) >= 11 is 0. The molecule has 4 rings (SSSR count). The van der Waals surface area contributed by atoms with Crippen LogP contribution in [0.5, 0.6) is 0 Å². The number of carbonyl (C=O) groups excluding carboxylic acids is 2. The minimum Gasteiger partial charge on any atom is -0.460 e. The van der Waals surface area contributed by atoms with Crippen LogP contribution < -0.4 is 5.32 Å². The first-order valence-corrected chi connectivity index (χ1v) is 11.1. The van der Waals surface area contributed by atoms with Crippen molar-refractivity contribution < 1.29 is 18.7 Å². The smallest absolute Gasteiger partial charge is 0.309 e. The van der Waals surface area contributed by atoms with Crippen molar-refractivity contribution in [3.63, 3.8) is 0 Å². The third-order valence-corrected chi connectivity index (χ3v) is 6.18. The Morgan fingerprint density at radius 3 is 2.72 bits per heavy atom. The maximum atomic E-state index is 14.3. The second-order valence-electron chi connectivity index (χ2n) is 8.44. The van der Waals surface area contributed by atoms with E-state index in [0.717, 1.165) is 42.9 Å². The number of hydrogen-bond donors (Lipinski definition) is 1. The molecule has 1 atom stereocenters. The van der Waals surface area contributed by atoms with Gasteiger partial charge >= 0.3 is 5.97 Å². The number of amides is 1. The fraction of sp³-hybridized carbons (Fsp3) is 0.346. The quantitative estimate of drug-likeness (QED) is 0.503. The van der Waals surface area contributed by atoms with E-state index in [1.807, 2.05) is 24.3 Å². The number of fused-ring (bicyclic) bond motifs is 1. The van der Waals surface area contributed by atoms with Gasteiger partial charge in [-0.3, -0.25) is 14.6 Å². The molecule has 0 aliphatic heterocycles. The molecule has 0 radical (unpaired) electrons. The monoisotopic (exact) mass is 434 g/mol. The number of halogens is 1. The van der Waals surface area contributed by atoms with Crippen molar-refractivity contribution in [3.05, 3.63) is 71.8 Å². The van der Waals surface area contributed by atoms with Gasteiger partial charge in [-0.05, 0) is 61.0 Å². The van der Waals surface area contributed by atoms with E-state index in [4.69, 9.17) is 4.74 Å². The van der Waals surface area contributed by atoms with E-state index in [9.17, 15) is 14.0 Å². The largest absolute Gasteiger partial charge is 0.460 e. The molecule has 0 bridgehead atoms. The molecule has 32 heavy (non-hydrogen) atoms. The number of benzene rings is 2. The van der Waals surface area contributed by atoms with Crippen molar-refractivity contribution in [1.29, 1.82) is 0 Å². The zero-order valence-electron chi connectivity index (χ0n) is 18.1. The number of rotatable bonds is 6. The normalized spacial score (nSPS) is 15.3. The Labute approximate surface area is 187 Å². The number of esters is 1. The first kappa shape index (κ1) is 21.9. The topological polar surface area (TPSA) is 68.3 Å². The van der Waals surface area contributed by atoms with Crippen molar-refractivity contribution >= 4 is 28.3 Å². The minimum atomic E-state index is -0.503. The summed E-state index contributed by atoms with van der Waals surface area (Å²) in [6.45, 7) is 1.65. The summed E-state index contributed by atoms with van der Waals surface area (Å²) in [7, 11) is 0. The second-order valence-corrected chi connectivity index (χ2v) is 8.44. The Bertz CT molecular complexity index is 1130. The van der Waals surface area contributed by atoms with E-state index in [-0.39, 0.29) is 30.0 Å². The Balaban J connectivity index is 1.41. The average Bonchev–Trinajstić information content (AvgIpc) is 2.83. The van der Waals surface area contributed by atoms with Crippen LogP contribution in [0.2, 0.25) is 0 Å². The first-order valence-electron chi connectivity index (χ1n) is 11.1. The Morgan fingerprint density at radius 1 is 1.09 bits per heavy atom. The molecule has 1 saturated carbocycles. The summed E-state index contributed by atoms with van der Waals surface area (Å²) < 4.78 is 19.7. The third kappa shape index (κ3) is 5.13. The molecular formula is C26H27FN2O3. The van der Waals surface area contributed by atoms with Gasteiger partial charge in [0.15, 0.2) is 0 Å². The van der Waals surface area contributed by atoms with Gasteiger partial charge in [0, 0.05) is 29.0 Å². The molecule has 0 spiro atoms. The second kappa shape index (κ2) is 9.90. The number of nitrogens with zero attached hydrogens (tertiary/aromatic N) is 1. The van der Waals surface area contributed by atoms with E-state index in [0.29, 0.717) is 11.3 Å². The predicted molar refractivity (Wildman–Crippen MR) is 122 cm³/mol. The fourth-order valence-electron chi connectivity index (χ4n) is 4.14. The summed E-state index contributed by atoms with van der Waals surface area (Å²) in [4.78, 5) is 29.2. The number of aromatic nitrogens is 1. The van der Waals surface area contributed by atoms with Gasteiger partial charge in [-0.1, -0.05) is 31.4 Å². The Kier molecular flexibility index (Phi) is 6.78. The highest BCUT2D eigenvalue weighted by Crippen LogP contribution is 2.26.